The quantitative estimate of drug-likeness (QED) is 0.700. The van der Waals surface area contributed by atoms with Crippen LogP contribution in [0.3, 0.4) is 0 Å². The first-order chi connectivity index (χ1) is 6.59. The molecule has 0 fully saturated rings. The van der Waals surface area contributed by atoms with Crippen LogP contribution in [-0.2, 0) is 9.59 Å². The van der Waals surface area contributed by atoms with Gasteiger partial charge in [-0.3, -0.25) is 10.1 Å². The van der Waals surface area contributed by atoms with E-state index in [2.05, 4.69) is 10.3 Å². The molecule has 0 aliphatic heterocycles. The molecule has 0 aliphatic carbocycles. The summed E-state index contributed by atoms with van der Waals surface area (Å²) < 4.78 is 0. The predicted octanol–water partition coefficient (Wildman–Crippen LogP) is -0.222. The Bertz CT molecular complexity index is 370. The summed E-state index contributed by atoms with van der Waals surface area (Å²) in [4.78, 5) is 25.2. The second-order valence-electron chi connectivity index (χ2n) is 2.44. The number of rotatable bonds is 3. The van der Waals surface area contributed by atoms with Crippen molar-refractivity contribution in [3.63, 3.8) is 0 Å². The van der Waals surface area contributed by atoms with Crippen molar-refractivity contribution in [1.29, 1.82) is 0 Å². The van der Waals surface area contributed by atoms with Gasteiger partial charge in [0, 0.05) is 17.2 Å². The molecule has 6 heteroatoms. The fourth-order valence-corrected chi connectivity index (χ4v) is 1.25. The highest BCUT2D eigenvalue weighted by Gasteiger charge is 2.05. The van der Waals surface area contributed by atoms with Gasteiger partial charge in [-0.2, -0.15) is 0 Å². The average Bonchev–Trinajstić information content (AvgIpc) is 2.55. The van der Waals surface area contributed by atoms with E-state index in [0.717, 1.165) is 6.08 Å². The zero-order valence-corrected chi connectivity index (χ0v) is 8.13. The van der Waals surface area contributed by atoms with E-state index in [9.17, 15) is 14.7 Å². The Kier molecular flexibility index (Phi) is 3.35. The summed E-state index contributed by atoms with van der Waals surface area (Å²) in [5.74, 6) is -1.89. The van der Waals surface area contributed by atoms with Gasteiger partial charge in [0.25, 0.3) is 5.91 Å². The van der Waals surface area contributed by atoms with E-state index < -0.39 is 11.9 Å². The molecular formula is C8H7N2O3S-. The molecule has 1 amide bonds. The fraction of sp³-hybridized carbons (Fsp3) is 0.125. The van der Waals surface area contributed by atoms with Crippen LogP contribution in [0.1, 0.15) is 6.92 Å². The Morgan fingerprint density at radius 1 is 1.64 bits per heavy atom. The minimum atomic E-state index is -1.39. The summed E-state index contributed by atoms with van der Waals surface area (Å²) in [7, 11) is 0. The average molecular weight is 211 g/mol. The van der Waals surface area contributed by atoms with Crippen LogP contribution in [0.15, 0.2) is 23.2 Å². The van der Waals surface area contributed by atoms with E-state index in [0.29, 0.717) is 5.13 Å². The van der Waals surface area contributed by atoms with Crippen molar-refractivity contribution in [2.24, 2.45) is 0 Å². The second-order valence-corrected chi connectivity index (χ2v) is 3.33. The molecule has 1 rings (SSSR count). The highest BCUT2D eigenvalue weighted by molar-refractivity contribution is 7.13. The van der Waals surface area contributed by atoms with Crippen molar-refractivity contribution in [2.75, 3.05) is 5.32 Å². The number of amides is 1. The first-order valence-corrected chi connectivity index (χ1v) is 4.57. The Balaban J connectivity index is 2.63. The van der Waals surface area contributed by atoms with Crippen molar-refractivity contribution in [3.8, 4) is 0 Å². The third-order valence-electron chi connectivity index (χ3n) is 1.35. The van der Waals surface area contributed by atoms with Gasteiger partial charge in [-0.25, -0.2) is 4.98 Å². The van der Waals surface area contributed by atoms with Crippen molar-refractivity contribution in [3.05, 3.63) is 23.2 Å². The molecule has 0 spiro atoms. The number of aliphatic carboxylic acids is 1. The molecule has 0 aliphatic rings. The van der Waals surface area contributed by atoms with Crippen LogP contribution in [0.2, 0.25) is 0 Å². The van der Waals surface area contributed by atoms with Crippen molar-refractivity contribution < 1.29 is 14.7 Å². The summed E-state index contributed by atoms with van der Waals surface area (Å²) in [5.41, 5.74) is 0.0696. The molecule has 1 aromatic heterocycles. The zero-order chi connectivity index (χ0) is 10.6. The number of hydrogen-bond acceptors (Lipinski definition) is 5. The predicted molar refractivity (Wildman–Crippen MR) is 49.5 cm³/mol. The van der Waals surface area contributed by atoms with Gasteiger partial charge in [0.2, 0.25) is 0 Å². The number of carboxylic acids is 1. The monoisotopic (exact) mass is 211 g/mol. The summed E-state index contributed by atoms with van der Waals surface area (Å²) in [5, 5.41) is 14.7. The van der Waals surface area contributed by atoms with Crippen LogP contribution in [0.25, 0.3) is 0 Å². The number of aromatic nitrogens is 1. The minimum Gasteiger partial charge on any atom is -0.545 e. The number of nitrogens with zero attached hydrogens (tertiary/aromatic N) is 1. The molecule has 0 bridgehead atoms. The van der Waals surface area contributed by atoms with Crippen molar-refractivity contribution in [2.45, 2.75) is 6.92 Å². The Morgan fingerprint density at radius 3 is 2.86 bits per heavy atom. The minimum absolute atomic E-state index is 0.0696. The molecular weight excluding hydrogens is 204 g/mol. The maximum absolute atomic E-state index is 11.2. The van der Waals surface area contributed by atoms with Gasteiger partial charge >= 0.3 is 0 Å². The normalized spacial score (nSPS) is 11.1. The molecule has 1 N–H and O–H groups in total. The zero-order valence-electron chi connectivity index (χ0n) is 7.31. The second kappa shape index (κ2) is 4.52. The number of thiazole rings is 1. The lowest BCUT2D eigenvalue weighted by molar-refractivity contribution is -0.297. The van der Waals surface area contributed by atoms with E-state index >= 15 is 0 Å². The molecule has 5 nitrogen and oxygen atoms in total. The number of nitrogens with one attached hydrogen (secondary N) is 1. The van der Waals surface area contributed by atoms with E-state index in [1.54, 1.807) is 5.38 Å². The highest BCUT2D eigenvalue weighted by Crippen LogP contribution is 2.11. The van der Waals surface area contributed by atoms with Gasteiger partial charge in [-0.05, 0) is 13.0 Å². The number of carbonyl (C=O) groups excluding carboxylic acids is 2. The van der Waals surface area contributed by atoms with Gasteiger partial charge in [-0.1, -0.05) is 0 Å². The Morgan fingerprint density at radius 2 is 2.36 bits per heavy atom. The van der Waals surface area contributed by atoms with E-state index in [-0.39, 0.29) is 5.57 Å². The molecule has 0 aromatic carbocycles. The molecule has 1 heterocycles. The maximum Gasteiger partial charge on any atom is 0.253 e. The lowest BCUT2D eigenvalue weighted by Crippen LogP contribution is -2.22. The van der Waals surface area contributed by atoms with Crippen LogP contribution >= 0.6 is 11.3 Å². The molecule has 0 saturated carbocycles. The molecule has 74 valence electrons. The molecule has 14 heavy (non-hydrogen) atoms. The third kappa shape index (κ3) is 2.98. The van der Waals surface area contributed by atoms with Crippen LogP contribution in [0.4, 0.5) is 5.13 Å². The first-order valence-electron chi connectivity index (χ1n) is 3.69. The number of carboxylic acid groups (broad SMARTS) is 1. The van der Waals surface area contributed by atoms with Gasteiger partial charge in [0.1, 0.15) is 0 Å². The van der Waals surface area contributed by atoms with E-state index in [1.165, 1.54) is 24.5 Å². The molecule has 0 saturated heterocycles. The van der Waals surface area contributed by atoms with Crippen LogP contribution in [0.5, 0.6) is 0 Å². The Hall–Kier alpha value is -1.69. The lowest BCUT2D eigenvalue weighted by Gasteiger charge is -2.01. The highest BCUT2D eigenvalue weighted by atomic mass is 32.1. The SMILES string of the molecule is C/C(=C\C(=O)[O-])C(=O)Nc1nccs1. The Labute approximate surface area is 84.1 Å². The van der Waals surface area contributed by atoms with Crippen molar-refractivity contribution in [1.82, 2.24) is 4.98 Å². The summed E-state index contributed by atoms with van der Waals surface area (Å²) in [6.45, 7) is 1.39. The van der Waals surface area contributed by atoms with Crippen LogP contribution < -0.4 is 10.4 Å². The lowest BCUT2D eigenvalue weighted by atomic mass is 10.2. The van der Waals surface area contributed by atoms with Crippen molar-refractivity contribution >= 4 is 28.3 Å². The number of hydrogen-bond donors (Lipinski definition) is 1. The largest absolute Gasteiger partial charge is 0.545 e. The summed E-state index contributed by atoms with van der Waals surface area (Å²) >= 11 is 1.25. The number of carbonyl (C=O) groups is 2. The molecule has 0 unspecified atom stereocenters. The molecule has 0 atom stereocenters. The van der Waals surface area contributed by atoms with Crippen LogP contribution in [-0.4, -0.2) is 16.9 Å². The first kappa shape index (κ1) is 10.4. The van der Waals surface area contributed by atoms with Gasteiger partial charge in [0.05, 0.1) is 5.97 Å². The molecule has 0 radical (unpaired) electrons. The summed E-state index contributed by atoms with van der Waals surface area (Å²) in [6.07, 6.45) is 2.28. The van der Waals surface area contributed by atoms with Crippen LogP contribution in [0, 0.1) is 0 Å². The topological polar surface area (TPSA) is 82.1 Å². The fourth-order valence-electron chi connectivity index (χ4n) is 0.723. The van der Waals surface area contributed by atoms with Gasteiger partial charge < -0.3 is 9.90 Å². The van der Waals surface area contributed by atoms with Gasteiger partial charge in [0.15, 0.2) is 5.13 Å². The molecule has 1 aromatic rings. The summed E-state index contributed by atoms with van der Waals surface area (Å²) in [6, 6.07) is 0. The smallest absolute Gasteiger partial charge is 0.253 e. The maximum atomic E-state index is 11.2. The number of anilines is 1. The third-order valence-corrected chi connectivity index (χ3v) is 2.03. The van der Waals surface area contributed by atoms with E-state index in [4.69, 9.17) is 0 Å². The standard InChI is InChI=1S/C8H8N2O3S/c1-5(4-6(11)12)7(13)10-8-9-2-3-14-8/h2-4H,1H3,(H,11,12)(H,9,10,13)/p-1/b5-4+. The van der Waals surface area contributed by atoms with Gasteiger partial charge in [-0.15, -0.1) is 11.3 Å². The van der Waals surface area contributed by atoms with E-state index in [1.807, 2.05) is 0 Å².